The van der Waals surface area contributed by atoms with E-state index in [-0.39, 0.29) is 5.41 Å². The molecule has 37 heavy (non-hydrogen) atoms. The van der Waals surface area contributed by atoms with Crippen molar-refractivity contribution in [2.24, 2.45) is 0 Å². The molecule has 1 aliphatic rings. The zero-order valence-electron chi connectivity index (χ0n) is 22.9. The Kier molecular flexibility index (Phi) is 7.27. The van der Waals surface area contributed by atoms with Gasteiger partial charge >= 0.3 is 0 Å². The van der Waals surface area contributed by atoms with Crippen molar-refractivity contribution in [3.05, 3.63) is 58.6 Å². The molecule has 2 N–H and O–H groups in total. The van der Waals surface area contributed by atoms with Gasteiger partial charge in [0.15, 0.2) is 0 Å². The Bertz CT molecular complexity index is 1380. The number of nitrogens with one attached hydrogen (secondary N) is 1. The average Bonchev–Trinajstić information content (AvgIpc) is 3.46. The molecule has 3 heterocycles. The van der Waals surface area contributed by atoms with E-state index >= 15 is 0 Å². The number of hydrogen-bond donors (Lipinski definition) is 2. The zero-order valence-corrected chi connectivity index (χ0v) is 23.7. The van der Waals surface area contributed by atoms with Crippen molar-refractivity contribution in [2.45, 2.75) is 70.9 Å². The molecule has 0 radical (unpaired) electrons. The maximum absolute atomic E-state index is 10.8. The average molecular weight is 521 g/mol. The molecule has 198 valence electrons. The molecule has 3 atom stereocenters. The molecule has 4 aromatic rings. The fraction of sp³-hybridized carbons (Fsp3) is 0.484. The van der Waals surface area contributed by atoms with Crippen molar-refractivity contribution in [1.29, 1.82) is 0 Å². The number of methoxy groups -OCH3 is 1. The van der Waals surface area contributed by atoms with Gasteiger partial charge in [-0.25, -0.2) is 0 Å². The third kappa shape index (κ3) is 5.38. The van der Waals surface area contributed by atoms with Crippen molar-refractivity contribution in [3.63, 3.8) is 0 Å². The van der Waals surface area contributed by atoms with E-state index in [9.17, 15) is 5.11 Å². The van der Waals surface area contributed by atoms with Gasteiger partial charge in [-0.05, 0) is 80.5 Å². The van der Waals surface area contributed by atoms with Gasteiger partial charge in [0.1, 0.15) is 24.2 Å². The Labute approximate surface area is 224 Å². The van der Waals surface area contributed by atoms with E-state index in [1.807, 2.05) is 36.5 Å². The van der Waals surface area contributed by atoms with E-state index in [4.69, 9.17) is 9.47 Å². The number of H-pyrrole nitrogens is 1. The molecule has 1 saturated heterocycles. The number of aromatic nitrogens is 1. The summed E-state index contributed by atoms with van der Waals surface area (Å²) in [6.07, 6.45) is 1.66. The lowest BCUT2D eigenvalue weighted by atomic mass is 9.86. The number of nitrogens with zero attached hydrogens (tertiary/aromatic N) is 1. The first-order valence-electron chi connectivity index (χ1n) is 13.4. The summed E-state index contributed by atoms with van der Waals surface area (Å²) in [6, 6.07) is 15.2. The number of rotatable bonds is 7. The lowest BCUT2D eigenvalue weighted by Crippen LogP contribution is -2.45. The van der Waals surface area contributed by atoms with E-state index in [0.29, 0.717) is 25.1 Å². The number of aryl methyl sites for hydroxylation is 1. The highest BCUT2D eigenvalue weighted by atomic mass is 32.1. The number of β-amino-alcohol motifs (C(OH)–C–C–N with tert-alkyl or cyclic N) is 1. The molecule has 3 unspecified atom stereocenters. The van der Waals surface area contributed by atoms with Gasteiger partial charge in [-0.3, -0.25) is 4.90 Å². The van der Waals surface area contributed by atoms with Gasteiger partial charge in [0, 0.05) is 44.1 Å². The second kappa shape index (κ2) is 10.3. The number of aromatic amines is 1. The molecule has 6 heteroatoms. The summed E-state index contributed by atoms with van der Waals surface area (Å²) in [7, 11) is 1.76. The zero-order chi connectivity index (χ0) is 26.3. The molecule has 0 bridgehead atoms. The van der Waals surface area contributed by atoms with Crippen LogP contribution in [0, 0.1) is 6.92 Å². The molecular weight excluding hydrogens is 480 g/mol. The van der Waals surface area contributed by atoms with E-state index in [0.717, 1.165) is 47.5 Å². The molecule has 5 rings (SSSR count). The maximum atomic E-state index is 10.8. The molecule has 0 spiro atoms. The van der Waals surface area contributed by atoms with Crippen LogP contribution in [0.25, 0.3) is 21.0 Å². The van der Waals surface area contributed by atoms with Gasteiger partial charge in [0.25, 0.3) is 0 Å². The number of aliphatic hydroxyl groups excluding tert-OH is 1. The van der Waals surface area contributed by atoms with Crippen LogP contribution in [-0.4, -0.2) is 53.9 Å². The predicted molar refractivity (Wildman–Crippen MR) is 155 cm³/mol. The Balaban J connectivity index is 1.23. The topological polar surface area (TPSA) is 57.7 Å². The fourth-order valence-corrected chi connectivity index (χ4v) is 7.29. The largest absolute Gasteiger partial charge is 0.496 e. The molecule has 1 fully saturated rings. The van der Waals surface area contributed by atoms with Gasteiger partial charge in [-0.15, -0.1) is 11.3 Å². The maximum Gasteiger partial charge on any atom is 0.128 e. The minimum absolute atomic E-state index is 0.0902. The fourth-order valence-electron chi connectivity index (χ4n) is 5.74. The van der Waals surface area contributed by atoms with Gasteiger partial charge in [0.2, 0.25) is 0 Å². The third-order valence-corrected chi connectivity index (χ3v) is 9.07. The Hall–Kier alpha value is -2.54. The first-order chi connectivity index (χ1) is 17.6. The molecule has 0 amide bonds. The Morgan fingerprint density at radius 2 is 1.95 bits per heavy atom. The van der Waals surface area contributed by atoms with Gasteiger partial charge in [-0.2, -0.15) is 0 Å². The van der Waals surface area contributed by atoms with Crippen LogP contribution in [0.2, 0.25) is 0 Å². The number of benzene rings is 2. The number of thiophene rings is 1. The summed E-state index contributed by atoms with van der Waals surface area (Å²) < 4.78 is 13.1. The molecule has 5 nitrogen and oxygen atoms in total. The van der Waals surface area contributed by atoms with Crippen molar-refractivity contribution in [3.8, 4) is 11.5 Å². The number of aliphatic hydroxyl groups is 1. The number of fused-ring (bicyclic) bond motifs is 2. The molecular formula is C31H40N2O3S. The summed E-state index contributed by atoms with van der Waals surface area (Å²) in [6.45, 7) is 13.1. The van der Waals surface area contributed by atoms with Crippen molar-refractivity contribution in [1.82, 2.24) is 9.88 Å². The lowest BCUT2D eigenvalue weighted by molar-refractivity contribution is 0.0408. The second-order valence-electron chi connectivity index (χ2n) is 11.7. The molecule has 2 aromatic carbocycles. The lowest BCUT2D eigenvalue weighted by Gasteiger charge is -2.38. The van der Waals surface area contributed by atoms with Gasteiger partial charge < -0.3 is 19.6 Å². The summed E-state index contributed by atoms with van der Waals surface area (Å²) in [4.78, 5) is 7.21. The van der Waals surface area contributed by atoms with Crippen LogP contribution in [0.1, 0.15) is 62.6 Å². The SMILES string of the molecule is COc1ccc(C(C)(C)C)c2sc(C3CCN(CC(O)COc4cccc5[nH]c(C)cc45)C(C)C3)cc12. The Morgan fingerprint density at radius 3 is 2.68 bits per heavy atom. The monoisotopic (exact) mass is 520 g/mol. The van der Waals surface area contributed by atoms with Gasteiger partial charge in [-0.1, -0.05) is 32.9 Å². The molecule has 0 aliphatic carbocycles. The van der Waals surface area contributed by atoms with Crippen LogP contribution in [0.4, 0.5) is 0 Å². The summed E-state index contributed by atoms with van der Waals surface area (Å²) >= 11 is 1.94. The first-order valence-corrected chi connectivity index (χ1v) is 14.2. The van der Waals surface area contributed by atoms with E-state index in [1.54, 1.807) is 7.11 Å². The third-order valence-electron chi connectivity index (χ3n) is 7.74. The number of hydrogen-bond acceptors (Lipinski definition) is 5. The van der Waals surface area contributed by atoms with Crippen LogP contribution in [-0.2, 0) is 5.41 Å². The first kappa shape index (κ1) is 26.1. The van der Waals surface area contributed by atoms with E-state index in [1.165, 1.54) is 20.5 Å². The summed E-state index contributed by atoms with van der Waals surface area (Å²) in [5, 5.41) is 13.1. The van der Waals surface area contributed by atoms with Crippen molar-refractivity contribution in [2.75, 3.05) is 26.8 Å². The summed E-state index contributed by atoms with van der Waals surface area (Å²) in [5.41, 5.74) is 3.65. The minimum atomic E-state index is -0.530. The van der Waals surface area contributed by atoms with Gasteiger partial charge in [0.05, 0.1) is 7.11 Å². The minimum Gasteiger partial charge on any atom is -0.496 e. The molecule has 0 saturated carbocycles. The Morgan fingerprint density at radius 1 is 1.14 bits per heavy atom. The normalized spacial score (nSPS) is 20.0. The van der Waals surface area contributed by atoms with Crippen molar-refractivity contribution >= 4 is 32.3 Å². The highest BCUT2D eigenvalue weighted by Gasteiger charge is 2.30. The molecule has 2 aromatic heterocycles. The van der Waals surface area contributed by atoms with Crippen LogP contribution in [0.5, 0.6) is 11.5 Å². The van der Waals surface area contributed by atoms with Crippen LogP contribution < -0.4 is 9.47 Å². The van der Waals surface area contributed by atoms with Crippen LogP contribution >= 0.6 is 11.3 Å². The van der Waals surface area contributed by atoms with Crippen LogP contribution in [0.3, 0.4) is 0 Å². The number of likely N-dealkylation sites (tertiary alicyclic amines) is 1. The highest BCUT2D eigenvalue weighted by Crippen LogP contribution is 2.44. The number of piperidine rings is 1. The van der Waals surface area contributed by atoms with Crippen LogP contribution in [0.15, 0.2) is 42.5 Å². The smallest absolute Gasteiger partial charge is 0.128 e. The van der Waals surface area contributed by atoms with Crippen molar-refractivity contribution < 1.29 is 14.6 Å². The highest BCUT2D eigenvalue weighted by molar-refractivity contribution is 7.19. The predicted octanol–water partition coefficient (Wildman–Crippen LogP) is 7.00. The number of ether oxygens (including phenoxy) is 2. The second-order valence-corrected chi connectivity index (χ2v) is 12.7. The van der Waals surface area contributed by atoms with E-state index < -0.39 is 6.10 Å². The standard InChI is InChI=1S/C31H40N2O3S/c1-19-14-23-26(32-19)8-7-9-28(23)36-18-22(34)17-33-13-12-21(15-20(33)2)29-16-24-27(35-6)11-10-25(30(24)37-29)31(3,4)5/h7-11,14,16,20-22,32,34H,12-13,15,17-18H2,1-6H3. The van der Waals surface area contributed by atoms with E-state index in [2.05, 4.69) is 61.8 Å². The molecule has 1 aliphatic heterocycles. The summed E-state index contributed by atoms with van der Waals surface area (Å²) in [5.74, 6) is 2.32. The quantitative estimate of drug-likeness (QED) is 0.275.